The Bertz CT molecular complexity index is 1660. The number of unbranched alkanes of at least 4 members (excludes halogenated alkanes) is 1. The molecule has 1 unspecified atom stereocenters. The van der Waals surface area contributed by atoms with E-state index in [2.05, 4.69) is 23.3 Å². The lowest BCUT2D eigenvalue weighted by atomic mass is 10.0. The minimum absolute atomic E-state index is 0.123. The monoisotopic (exact) mass is 533 g/mol. The molecular formula is C32H31N5O3. The van der Waals surface area contributed by atoms with Crippen LogP contribution in [0.25, 0.3) is 33.4 Å². The number of fused-ring (bicyclic) bond motifs is 1. The standard InChI is InChI=1S/C32H31N5O3/c1-2-3-15-37-30(19-28(36-37)27-18-22-7-4-5-8-25(22)20-34-27)23-9-6-10-24(17-23)32(40)35-29(31(33)39)16-21-11-13-26(38)14-12-21/h4-14,17-20,29,38H,2-3,15-16H2,1H3,(H2,33,39)(H,35,40). The van der Waals surface area contributed by atoms with E-state index in [1.54, 1.807) is 24.3 Å². The van der Waals surface area contributed by atoms with Crippen molar-refractivity contribution >= 4 is 22.6 Å². The van der Waals surface area contributed by atoms with Crippen molar-refractivity contribution in [2.24, 2.45) is 5.73 Å². The summed E-state index contributed by atoms with van der Waals surface area (Å²) >= 11 is 0. The lowest BCUT2D eigenvalue weighted by Gasteiger charge is -2.16. The molecule has 202 valence electrons. The predicted molar refractivity (Wildman–Crippen MR) is 156 cm³/mol. The number of nitrogens with one attached hydrogen (secondary N) is 1. The number of amides is 2. The molecule has 0 radical (unpaired) electrons. The Hall–Kier alpha value is -4.98. The van der Waals surface area contributed by atoms with Gasteiger partial charge in [0.2, 0.25) is 5.91 Å². The van der Waals surface area contributed by atoms with Crippen LogP contribution in [0.15, 0.2) is 91.1 Å². The molecule has 3 aromatic carbocycles. The molecule has 4 N–H and O–H groups in total. The molecule has 5 rings (SSSR count). The van der Waals surface area contributed by atoms with Crippen molar-refractivity contribution in [1.29, 1.82) is 0 Å². The normalized spacial score (nSPS) is 11.8. The van der Waals surface area contributed by atoms with Gasteiger partial charge in [-0.05, 0) is 53.8 Å². The Labute approximate surface area is 232 Å². The van der Waals surface area contributed by atoms with Crippen molar-refractivity contribution in [2.45, 2.75) is 38.8 Å². The summed E-state index contributed by atoms with van der Waals surface area (Å²) in [4.78, 5) is 30.0. The second kappa shape index (κ2) is 11.8. The molecule has 2 heterocycles. The number of nitrogens with two attached hydrogens (primary N) is 1. The van der Waals surface area contributed by atoms with Gasteiger partial charge >= 0.3 is 0 Å². The average molecular weight is 534 g/mol. The SMILES string of the molecule is CCCCn1nc(-c2cc3ccccc3cn2)cc1-c1cccc(C(=O)NC(Cc2ccc(O)cc2)C(N)=O)c1. The van der Waals surface area contributed by atoms with Gasteiger partial charge in [-0.3, -0.25) is 19.3 Å². The number of primary amides is 1. The zero-order chi connectivity index (χ0) is 28.1. The van der Waals surface area contributed by atoms with Crippen LogP contribution in [0.5, 0.6) is 5.75 Å². The first kappa shape index (κ1) is 26.6. The first-order valence-electron chi connectivity index (χ1n) is 13.3. The highest BCUT2D eigenvalue weighted by Crippen LogP contribution is 2.28. The van der Waals surface area contributed by atoms with Crippen LogP contribution >= 0.6 is 0 Å². The number of aromatic nitrogens is 3. The molecule has 2 amide bonds. The largest absolute Gasteiger partial charge is 0.508 e. The molecule has 0 spiro atoms. The number of pyridine rings is 1. The summed E-state index contributed by atoms with van der Waals surface area (Å²) < 4.78 is 1.96. The van der Waals surface area contributed by atoms with Crippen molar-refractivity contribution in [3.05, 3.63) is 102 Å². The molecule has 1 atom stereocenters. The highest BCUT2D eigenvalue weighted by atomic mass is 16.3. The van der Waals surface area contributed by atoms with Crippen molar-refractivity contribution < 1.29 is 14.7 Å². The van der Waals surface area contributed by atoms with Crippen LogP contribution in [0.1, 0.15) is 35.7 Å². The van der Waals surface area contributed by atoms with E-state index < -0.39 is 17.9 Å². The fourth-order valence-electron chi connectivity index (χ4n) is 4.63. The summed E-state index contributed by atoms with van der Waals surface area (Å²) in [5.74, 6) is -0.916. The maximum atomic E-state index is 13.2. The van der Waals surface area contributed by atoms with Gasteiger partial charge in [0.05, 0.1) is 11.4 Å². The Morgan fingerprint density at radius 3 is 2.48 bits per heavy atom. The highest BCUT2D eigenvalue weighted by Gasteiger charge is 2.21. The van der Waals surface area contributed by atoms with Gasteiger partial charge in [0, 0.05) is 35.7 Å². The molecule has 8 nitrogen and oxygen atoms in total. The van der Waals surface area contributed by atoms with E-state index in [1.165, 1.54) is 12.1 Å². The molecule has 0 fully saturated rings. The van der Waals surface area contributed by atoms with Gasteiger partial charge in [0.1, 0.15) is 17.5 Å². The summed E-state index contributed by atoms with van der Waals surface area (Å²) in [6, 6.07) is 24.9. The maximum Gasteiger partial charge on any atom is 0.251 e. The van der Waals surface area contributed by atoms with E-state index in [9.17, 15) is 14.7 Å². The van der Waals surface area contributed by atoms with Crippen LogP contribution in [-0.4, -0.2) is 37.7 Å². The quantitative estimate of drug-likeness (QED) is 0.231. The topological polar surface area (TPSA) is 123 Å². The van der Waals surface area contributed by atoms with Crippen LogP contribution in [-0.2, 0) is 17.8 Å². The fraction of sp³-hybridized carbons (Fsp3) is 0.188. The number of phenolic OH excluding ortho intramolecular Hbond substituents is 1. The van der Waals surface area contributed by atoms with Crippen LogP contribution in [0.3, 0.4) is 0 Å². The van der Waals surface area contributed by atoms with Crippen molar-refractivity contribution in [2.75, 3.05) is 0 Å². The molecule has 8 heteroatoms. The molecule has 40 heavy (non-hydrogen) atoms. The van der Waals surface area contributed by atoms with E-state index >= 15 is 0 Å². The molecule has 0 bridgehead atoms. The van der Waals surface area contributed by atoms with Crippen LogP contribution in [0.4, 0.5) is 0 Å². The van der Waals surface area contributed by atoms with E-state index in [0.29, 0.717) is 5.56 Å². The van der Waals surface area contributed by atoms with Gasteiger partial charge in [-0.1, -0.05) is 61.9 Å². The van der Waals surface area contributed by atoms with Gasteiger partial charge in [-0.2, -0.15) is 5.10 Å². The number of phenols is 1. The molecule has 5 aromatic rings. The average Bonchev–Trinajstić information content (AvgIpc) is 3.41. The Kier molecular flexibility index (Phi) is 7.87. The van der Waals surface area contributed by atoms with Crippen LogP contribution in [0.2, 0.25) is 0 Å². The molecule has 0 aliphatic heterocycles. The van der Waals surface area contributed by atoms with Crippen molar-refractivity contribution in [1.82, 2.24) is 20.1 Å². The molecule has 2 aromatic heterocycles. The number of carbonyl (C=O) groups excluding carboxylic acids is 2. The minimum Gasteiger partial charge on any atom is -0.508 e. The number of hydrogen-bond acceptors (Lipinski definition) is 5. The van der Waals surface area contributed by atoms with Crippen LogP contribution < -0.4 is 11.1 Å². The predicted octanol–water partition coefficient (Wildman–Crippen LogP) is 5.10. The Morgan fingerprint density at radius 1 is 0.950 bits per heavy atom. The molecule has 0 saturated heterocycles. The summed E-state index contributed by atoms with van der Waals surface area (Å²) in [5, 5.41) is 19.3. The number of benzene rings is 3. The second-order valence-electron chi connectivity index (χ2n) is 9.79. The van der Waals surface area contributed by atoms with Gasteiger partial charge < -0.3 is 16.2 Å². The fourth-order valence-corrected chi connectivity index (χ4v) is 4.63. The lowest BCUT2D eigenvalue weighted by molar-refractivity contribution is -0.119. The smallest absolute Gasteiger partial charge is 0.251 e. The van der Waals surface area contributed by atoms with E-state index in [1.807, 2.05) is 53.3 Å². The summed E-state index contributed by atoms with van der Waals surface area (Å²) in [5.41, 5.74) is 10.0. The molecular weight excluding hydrogens is 502 g/mol. The summed E-state index contributed by atoms with van der Waals surface area (Å²) in [7, 11) is 0. The third kappa shape index (κ3) is 6.02. The van der Waals surface area contributed by atoms with Gasteiger partial charge in [0.15, 0.2) is 0 Å². The van der Waals surface area contributed by atoms with E-state index in [0.717, 1.165) is 58.4 Å². The number of nitrogens with zero attached hydrogens (tertiary/aromatic N) is 3. The Balaban J connectivity index is 1.42. The summed E-state index contributed by atoms with van der Waals surface area (Å²) in [6.45, 7) is 2.86. The number of rotatable bonds is 10. The first-order valence-corrected chi connectivity index (χ1v) is 13.3. The first-order chi connectivity index (χ1) is 19.4. The van der Waals surface area contributed by atoms with Gasteiger partial charge in [-0.25, -0.2) is 0 Å². The maximum absolute atomic E-state index is 13.2. The van der Waals surface area contributed by atoms with Gasteiger partial charge in [0.25, 0.3) is 5.91 Å². The minimum atomic E-state index is -0.902. The zero-order valence-electron chi connectivity index (χ0n) is 22.2. The number of carbonyl (C=O) groups is 2. The van der Waals surface area contributed by atoms with Crippen molar-refractivity contribution in [3.8, 4) is 28.4 Å². The Morgan fingerprint density at radius 2 is 1.73 bits per heavy atom. The van der Waals surface area contributed by atoms with Gasteiger partial charge in [-0.15, -0.1) is 0 Å². The second-order valence-corrected chi connectivity index (χ2v) is 9.79. The van der Waals surface area contributed by atoms with Crippen molar-refractivity contribution in [3.63, 3.8) is 0 Å². The van der Waals surface area contributed by atoms with Crippen LogP contribution in [0, 0.1) is 0 Å². The third-order valence-corrected chi connectivity index (χ3v) is 6.84. The molecule has 0 saturated carbocycles. The molecule has 0 aliphatic rings. The number of aryl methyl sites for hydroxylation is 1. The molecule has 0 aliphatic carbocycles. The lowest BCUT2D eigenvalue weighted by Crippen LogP contribution is -2.45. The summed E-state index contributed by atoms with van der Waals surface area (Å²) in [6.07, 6.45) is 4.04. The van der Waals surface area contributed by atoms with E-state index in [4.69, 9.17) is 10.8 Å². The third-order valence-electron chi connectivity index (χ3n) is 6.84. The number of aromatic hydroxyl groups is 1. The zero-order valence-corrected chi connectivity index (χ0v) is 22.2. The van der Waals surface area contributed by atoms with E-state index in [-0.39, 0.29) is 12.2 Å². The highest BCUT2D eigenvalue weighted by molar-refractivity contribution is 5.98. The number of hydrogen-bond donors (Lipinski definition) is 3.